The number of hydrogen-bond donors (Lipinski definition) is 1. The minimum atomic E-state index is -4.73. The van der Waals surface area contributed by atoms with Crippen LogP contribution in [0.15, 0.2) is 30.3 Å². The molecular formula is C13H10ClF4NS. The SMILES string of the molecule is NC(Cc1ccc(Cl)s1)c1cccc(C(F)(F)F)c1F. The van der Waals surface area contributed by atoms with Crippen LogP contribution in [-0.2, 0) is 12.6 Å². The quantitative estimate of drug-likeness (QED) is 0.807. The average Bonchev–Trinajstić information content (AvgIpc) is 2.73. The average molecular weight is 324 g/mol. The topological polar surface area (TPSA) is 26.0 Å². The van der Waals surface area contributed by atoms with E-state index in [1.165, 1.54) is 17.4 Å². The third-order valence-corrected chi connectivity index (χ3v) is 4.04. The Bertz CT molecular complexity index is 609. The Hall–Kier alpha value is -1.11. The fraction of sp³-hybridized carbons (Fsp3) is 0.231. The Morgan fingerprint density at radius 3 is 2.45 bits per heavy atom. The Balaban J connectivity index is 2.28. The third kappa shape index (κ3) is 3.31. The summed E-state index contributed by atoms with van der Waals surface area (Å²) >= 11 is 7.03. The highest BCUT2D eigenvalue weighted by Crippen LogP contribution is 2.34. The first-order valence-electron chi connectivity index (χ1n) is 5.64. The monoisotopic (exact) mass is 323 g/mol. The predicted octanol–water partition coefficient (Wildman–Crippen LogP) is 4.80. The molecule has 2 rings (SSSR count). The minimum absolute atomic E-state index is 0.149. The summed E-state index contributed by atoms with van der Waals surface area (Å²) in [7, 11) is 0. The van der Waals surface area contributed by atoms with Gasteiger partial charge in [-0.2, -0.15) is 13.2 Å². The molecule has 1 heterocycles. The molecule has 0 spiro atoms. The van der Waals surface area contributed by atoms with Gasteiger partial charge in [0.25, 0.3) is 0 Å². The van der Waals surface area contributed by atoms with Crippen LogP contribution in [0.1, 0.15) is 22.0 Å². The van der Waals surface area contributed by atoms with Gasteiger partial charge in [-0.15, -0.1) is 11.3 Å². The lowest BCUT2D eigenvalue weighted by Crippen LogP contribution is -2.17. The van der Waals surface area contributed by atoms with Crippen molar-refractivity contribution in [2.75, 3.05) is 0 Å². The molecule has 2 N–H and O–H groups in total. The van der Waals surface area contributed by atoms with E-state index in [0.717, 1.165) is 10.9 Å². The normalized spacial score (nSPS) is 13.5. The molecule has 2 aromatic rings. The van der Waals surface area contributed by atoms with Gasteiger partial charge in [0.2, 0.25) is 0 Å². The molecule has 0 saturated heterocycles. The molecule has 0 aliphatic rings. The van der Waals surface area contributed by atoms with Crippen molar-refractivity contribution in [1.29, 1.82) is 0 Å². The predicted molar refractivity (Wildman–Crippen MR) is 71.4 cm³/mol. The maximum absolute atomic E-state index is 13.9. The summed E-state index contributed by atoms with van der Waals surface area (Å²) in [4.78, 5) is 0.791. The smallest absolute Gasteiger partial charge is 0.324 e. The second kappa shape index (κ2) is 5.71. The van der Waals surface area contributed by atoms with Crippen molar-refractivity contribution in [3.05, 3.63) is 56.5 Å². The molecule has 1 unspecified atom stereocenters. The third-order valence-electron chi connectivity index (χ3n) is 2.78. The van der Waals surface area contributed by atoms with Gasteiger partial charge in [0.15, 0.2) is 0 Å². The molecular weight excluding hydrogens is 314 g/mol. The van der Waals surface area contributed by atoms with Gasteiger partial charge in [-0.05, 0) is 18.2 Å². The lowest BCUT2D eigenvalue weighted by atomic mass is 10.00. The number of halogens is 5. The van der Waals surface area contributed by atoms with Crippen molar-refractivity contribution in [3.8, 4) is 0 Å². The Morgan fingerprint density at radius 1 is 1.20 bits per heavy atom. The molecule has 0 fully saturated rings. The van der Waals surface area contributed by atoms with E-state index in [2.05, 4.69) is 0 Å². The molecule has 1 nitrogen and oxygen atoms in total. The number of hydrogen-bond acceptors (Lipinski definition) is 2. The van der Waals surface area contributed by atoms with E-state index in [1.807, 2.05) is 0 Å². The fourth-order valence-corrected chi connectivity index (χ4v) is 2.99. The van der Waals surface area contributed by atoms with Crippen LogP contribution in [0.2, 0.25) is 4.34 Å². The maximum Gasteiger partial charge on any atom is 0.419 e. The summed E-state index contributed by atoms with van der Waals surface area (Å²) in [5.41, 5.74) is 4.36. The summed E-state index contributed by atoms with van der Waals surface area (Å²) in [5, 5.41) is 0. The first kappa shape index (κ1) is 15.3. The molecule has 0 aliphatic heterocycles. The van der Waals surface area contributed by atoms with Crippen LogP contribution in [0.25, 0.3) is 0 Å². The molecule has 0 bridgehead atoms. The minimum Gasteiger partial charge on any atom is -0.324 e. The van der Waals surface area contributed by atoms with E-state index in [0.29, 0.717) is 10.4 Å². The second-order valence-electron chi connectivity index (χ2n) is 4.22. The zero-order valence-electron chi connectivity index (χ0n) is 10.0. The number of rotatable bonds is 3. The lowest BCUT2D eigenvalue weighted by Gasteiger charge is -2.15. The molecule has 20 heavy (non-hydrogen) atoms. The zero-order chi connectivity index (χ0) is 14.9. The van der Waals surface area contributed by atoms with E-state index in [9.17, 15) is 17.6 Å². The summed E-state index contributed by atoms with van der Waals surface area (Å²) in [6.45, 7) is 0. The van der Waals surface area contributed by atoms with E-state index >= 15 is 0 Å². The molecule has 7 heteroatoms. The summed E-state index contributed by atoms with van der Waals surface area (Å²) in [6, 6.07) is 5.65. The van der Waals surface area contributed by atoms with Crippen LogP contribution in [0, 0.1) is 5.82 Å². The van der Waals surface area contributed by atoms with Crippen molar-refractivity contribution in [2.24, 2.45) is 5.73 Å². The highest BCUT2D eigenvalue weighted by Gasteiger charge is 2.35. The molecule has 1 atom stereocenters. The Morgan fingerprint density at radius 2 is 1.90 bits per heavy atom. The van der Waals surface area contributed by atoms with Crippen molar-refractivity contribution < 1.29 is 17.6 Å². The number of alkyl halides is 3. The van der Waals surface area contributed by atoms with Crippen LogP contribution in [0.4, 0.5) is 17.6 Å². The summed E-state index contributed by atoms with van der Waals surface area (Å²) < 4.78 is 52.3. The molecule has 1 aromatic heterocycles. The van der Waals surface area contributed by atoms with Crippen LogP contribution in [0.5, 0.6) is 0 Å². The molecule has 0 amide bonds. The largest absolute Gasteiger partial charge is 0.419 e. The van der Waals surface area contributed by atoms with Gasteiger partial charge in [0.05, 0.1) is 9.90 Å². The van der Waals surface area contributed by atoms with Crippen LogP contribution >= 0.6 is 22.9 Å². The van der Waals surface area contributed by atoms with E-state index in [-0.39, 0.29) is 12.0 Å². The number of benzene rings is 1. The van der Waals surface area contributed by atoms with Crippen LogP contribution in [0.3, 0.4) is 0 Å². The highest BCUT2D eigenvalue weighted by atomic mass is 35.5. The molecule has 0 saturated carbocycles. The van der Waals surface area contributed by atoms with Gasteiger partial charge in [-0.1, -0.05) is 23.7 Å². The van der Waals surface area contributed by atoms with Gasteiger partial charge in [0.1, 0.15) is 5.82 Å². The van der Waals surface area contributed by atoms with Crippen molar-refractivity contribution in [3.63, 3.8) is 0 Å². The maximum atomic E-state index is 13.9. The van der Waals surface area contributed by atoms with Crippen molar-refractivity contribution in [2.45, 2.75) is 18.6 Å². The first-order chi connectivity index (χ1) is 9.29. The van der Waals surface area contributed by atoms with Crippen LogP contribution in [-0.4, -0.2) is 0 Å². The second-order valence-corrected chi connectivity index (χ2v) is 6.02. The van der Waals surface area contributed by atoms with Crippen molar-refractivity contribution >= 4 is 22.9 Å². The van der Waals surface area contributed by atoms with E-state index in [4.69, 9.17) is 17.3 Å². The van der Waals surface area contributed by atoms with Crippen LogP contribution < -0.4 is 5.73 Å². The standard InChI is InChI=1S/C13H10ClF4NS/c14-11-5-4-7(20-11)6-10(19)8-2-1-3-9(12(8)15)13(16,17)18/h1-5,10H,6,19H2. The molecule has 0 radical (unpaired) electrons. The molecule has 0 aliphatic carbocycles. The number of thiophene rings is 1. The molecule has 1 aromatic carbocycles. The first-order valence-corrected chi connectivity index (χ1v) is 6.84. The number of nitrogens with two attached hydrogens (primary N) is 1. The van der Waals surface area contributed by atoms with E-state index < -0.39 is 23.6 Å². The van der Waals surface area contributed by atoms with Gasteiger partial charge < -0.3 is 5.73 Å². The van der Waals surface area contributed by atoms with Gasteiger partial charge in [0, 0.05) is 22.9 Å². The van der Waals surface area contributed by atoms with Gasteiger partial charge >= 0.3 is 6.18 Å². The van der Waals surface area contributed by atoms with E-state index in [1.54, 1.807) is 12.1 Å². The highest BCUT2D eigenvalue weighted by molar-refractivity contribution is 7.16. The fourth-order valence-electron chi connectivity index (χ4n) is 1.84. The van der Waals surface area contributed by atoms with Gasteiger partial charge in [-0.3, -0.25) is 0 Å². The summed E-state index contributed by atoms with van der Waals surface area (Å²) in [5.74, 6) is -1.31. The zero-order valence-corrected chi connectivity index (χ0v) is 11.6. The molecule has 108 valence electrons. The Labute approximate surface area is 122 Å². The lowest BCUT2D eigenvalue weighted by molar-refractivity contribution is -0.140. The Kier molecular flexibility index (Phi) is 4.36. The summed E-state index contributed by atoms with van der Waals surface area (Å²) in [6.07, 6.45) is -4.50. The van der Waals surface area contributed by atoms with Gasteiger partial charge in [-0.25, -0.2) is 4.39 Å². The van der Waals surface area contributed by atoms with Crippen molar-refractivity contribution in [1.82, 2.24) is 0 Å².